The van der Waals surface area contributed by atoms with Gasteiger partial charge in [0.2, 0.25) is 5.91 Å². The topological polar surface area (TPSA) is 93.5 Å². The average molecular weight is 369 g/mol. The second kappa shape index (κ2) is 10.3. The van der Waals surface area contributed by atoms with Crippen LogP contribution in [0.4, 0.5) is 5.69 Å². The molecule has 0 aromatic heterocycles. The van der Waals surface area contributed by atoms with E-state index in [1.54, 1.807) is 6.92 Å². The van der Waals surface area contributed by atoms with Crippen molar-refractivity contribution in [2.24, 2.45) is 5.73 Å². The standard InChI is InChI=1S/C21H27N3O3/c1-15-3-7-18(8-4-15)24-21(26)14-27-19-9-5-17(6-10-19)11-12-23-20(25)13-16(2)22/h3-10,16H,11-14,22H2,1-2H3,(H,23,25)(H,24,26). The van der Waals surface area contributed by atoms with Crippen molar-refractivity contribution in [2.75, 3.05) is 18.5 Å². The van der Waals surface area contributed by atoms with Crippen molar-refractivity contribution in [3.63, 3.8) is 0 Å². The van der Waals surface area contributed by atoms with E-state index in [2.05, 4.69) is 10.6 Å². The highest BCUT2D eigenvalue weighted by Crippen LogP contribution is 2.13. The predicted molar refractivity (Wildman–Crippen MR) is 107 cm³/mol. The highest BCUT2D eigenvalue weighted by atomic mass is 16.5. The Morgan fingerprint density at radius 2 is 1.70 bits per heavy atom. The molecule has 0 saturated heterocycles. The molecule has 0 saturated carbocycles. The predicted octanol–water partition coefficient (Wildman–Crippen LogP) is 2.41. The first-order valence-corrected chi connectivity index (χ1v) is 9.03. The molecular weight excluding hydrogens is 342 g/mol. The summed E-state index contributed by atoms with van der Waals surface area (Å²) in [6, 6.07) is 14.9. The minimum atomic E-state index is -0.209. The van der Waals surface area contributed by atoms with E-state index in [0.717, 1.165) is 23.2 Å². The molecule has 0 aliphatic rings. The van der Waals surface area contributed by atoms with Crippen LogP contribution in [0.15, 0.2) is 48.5 Å². The number of nitrogens with one attached hydrogen (secondary N) is 2. The molecule has 2 aromatic rings. The van der Waals surface area contributed by atoms with Crippen molar-refractivity contribution in [3.8, 4) is 5.75 Å². The van der Waals surface area contributed by atoms with Crippen molar-refractivity contribution in [1.82, 2.24) is 5.32 Å². The second-order valence-electron chi connectivity index (χ2n) is 6.63. The van der Waals surface area contributed by atoms with Crippen LogP contribution in [-0.2, 0) is 16.0 Å². The molecule has 1 atom stereocenters. The number of amides is 2. The number of hydrogen-bond donors (Lipinski definition) is 3. The fourth-order valence-corrected chi connectivity index (χ4v) is 2.45. The van der Waals surface area contributed by atoms with Crippen LogP contribution in [0, 0.1) is 6.92 Å². The maximum absolute atomic E-state index is 11.9. The number of carbonyl (C=O) groups excluding carboxylic acids is 2. The number of aryl methyl sites for hydroxylation is 1. The molecule has 6 nitrogen and oxygen atoms in total. The van der Waals surface area contributed by atoms with Gasteiger partial charge in [0.15, 0.2) is 6.61 Å². The maximum Gasteiger partial charge on any atom is 0.262 e. The number of hydrogen-bond acceptors (Lipinski definition) is 4. The molecule has 1 unspecified atom stereocenters. The van der Waals surface area contributed by atoms with Crippen molar-refractivity contribution >= 4 is 17.5 Å². The Morgan fingerprint density at radius 3 is 2.33 bits per heavy atom. The van der Waals surface area contributed by atoms with E-state index in [-0.39, 0.29) is 24.5 Å². The monoisotopic (exact) mass is 369 g/mol. The van der Waals surface area contributed by atoms with Gasteiger partial charge in [0, 0.05) is 24.7 Å². The minimum Gasteiger partial charge on any atom is -0.484 e. The van der Waals surface area contributed by atoms with Gasteiger partial charge in [-0.05, 0) is 50.1 Å². The molecule has 0 aliphatic heterocycles. The number of benzene rings is 2. The molecule has 0 bridgehead atoms. The molecule has 4 N–H and O–H groups in total. The zero-order chi connectivity index (χ0) is 19.6. The molecule has 6 heteroatoms. The fraction of sp³-hybridized carbons (Fsp3) is 0.333. The zero-order valence-corrected chi connectivity index (χ0v) is 15.8. The lowest BCUT2D eigenvalue weighted by Gasteiger charge is -2.09. The lowest BCUT2D eigenvalue weighted by molar-refractivity contribution is -0.121. The van der Waals surface area contributed by atoms with Crippen molar-refractivity contribution in [2.45, 2.75) is 32.7 Å². The number of nitrogens with two attached hydrogens (primary N) is 1. The third-order valence-corrected chi connectivity index (χ3v) is 3.87. The average Bonchev–Trinajstić information content (AvgIpc) is 2.62. The molecule has 27 heavy (non-hydrogen) atoms. The zero-order valence-electron chi connectivity index (χ0n) is 15.8. The molecule has 0 heterocycles. The van der Waals surface area contributed by atoms with E-state index in [4.69, 9.17) is 10.5 Å². The quantitative estimate of drug-likeness (QED) is 0.633. The van der Waals surface area contributed by atoms with Crippen molar-refractivity contribution < 1.29 is 14.3 Å². The van der Waals surface area contributed by atoms with Crippen LogP contribution in [0.25, 0.3) is 0 Å². The summed E-state index contributed by atoms with van der Waals surface area (Å²) in [5, 5.41) is 5.63. The summed E-state index contributed by atoms with van der Waals surface area (Å²) in [5.41, 5.74) is 8.55. The van der Waals surface area contributed by atoms with Gasteiger partial charge in [-0.3, -0.25) is 9.59 Å². The van der Waals surface area contributed by atoms with Gasteiger partial charge in [-0.15, -0.1) is 0 Å². The van der Waals surface area contributed by atoms with E-state index in [1.165, 1.54) is 0 Å². The molecule has 2 amide bonds. The normalized spacial score (nSPS) is 11.5. The number of rotatable bonds is 9. The van der Waals surface area contributed by atoms with Gasteiger partial charge >= 0.3 is 0 Å². The SMILES string of the molecule is Cc1ccc(NC(=O)COc2ccc(CCNC(=O)CC(C)N)cc2)cc1. The molecule has 2 rings (SSSR count). The van der Waals surface area contributed by atoms with E-state index in [1.807, 2.05) is 55.5 Å². The first kappa shape index (κ1) is 20.5. The van der Waals surface area contributed by atoms with E-state index >= 15 is 0 Å². The van der Waals surface area contributed by atoms with Crippen LogP contribution in [0.2, 0.25) is 0 Å². The fourth-order valence-electron chi connectivity index (χ4n) is 2.45. The highest BCUT2D eigenvalue weighted by molar-refractivity contribution is 5.91. The van der Waals surface area contributed by atoms with E-state index < -0.39 is 0 Å². The minimum absolute atomic E-state index is 0.0375. The maximum atomic E-state index is 11.9. The molecule has 0 spiro atoms. The lowest BCUT2D eigenvalue weighted by Crippen LogP contribution is -2.31. The van der Waals surface area contributed by atoms with Crippen LogP contribution in [0.3, 0.4) is 0 Å². The van der Waals surface area contributed by atoms with E-state index in [9.17, 15) is 9.59 Å². The molecule has 0 fully saturated rings. The Morgan fingerprint density at radius 1 is 1.04 bits per heavy atom. The summed E-state index contributed by atoms with van der Waals surface area (Å²) in [7, 11) is 0. The Bertz CT molecular complexity index is 740. The molecule has 2 aromatic carbocycles. The number of ether oxygens (including phenoxy) is 1. The lowest BCUT2D eigenvalue weighted by atomic mass is 10.1. The van der Waals surface area contributed by atoms with Crippen LogP contribution in [-0.4, -0.2) is 31.0 Å². The van der Waals surface area contributed by atoms with Crippen molar-refractivity contribution in [3.05, 3.63) is 59.7 Å². The van der Waals surface area contributed by atoms with Crippen molar-refractivity contribution in [1.29, 1.82) is 0 Å². The summed E-state index contributed by atoms with van der Waals surface area (Å²) in [6.07, 6.45) is 1.05. The molecule has 144 valence electrons. The summed E-state index contributed by atoms with van der Waals surface area (Å²) >= 11 is 0. The molecule has 0 radical (unpaired) electrons. The Kier molecular flexibility index (Phi) is 7.82. The smallest absolute Gasteiger partial charge is 0.262 e. The second-order valence-corrected chi connectivity index (χ2v) is 6.63. The summed E-state index contributed by atoms with van der Waals surface area (Å²) in [4.78, 5) is 23.5. The van der Waals surface area contributed by atoms with Gasteiger partial charge in [0.1, 0.15) is 5.75 Å². The largest absolute Gasteiger partial charge is 0.484 e. The Hall–Kier alpha value is -2.86. The van der Waals surface area contributed by atoms with Crippen LogP contribution < -0.4 is 21.1 Å². The summed E-state index contributed by atoms with van der Waals surface area (Å²) in [5.74, 6) is 0.378. The van der Waals surface area contributed by atoms with Gasteiger partial charge in [-0.1, -0.05) is 29.8 Å². The van der Waals surface area contributed by atoms with Gasteiger partial charge in [0.05, 0.1) is 0 Å². The van der Waals surface area contributed by atoms with Crippen LogP contribution in [0.1, 0.15) is 24.5 Å². The number of carbonyl (C=O) groups is 2. The van der Waals surface area contributed by atoms with Crippen LogP contribution in [0.5, 0.6) is 5.75 Å². The van der Waals surface area contributed by atoms with Gasteiger partial charge < -0.3 is 21.1 Å². The first-order valence-electron chi connectivity index (χ1n) is 9.03. The summed E-state index contributed by atoms with van der Waals surface area (Å²) in [6.45, 7) is 4.30. The number of anilines is 1. The highest BCUT2D eigenvalue weighted by Gasteiger charge is 2.05. The molecular formula is C21H27N3O3. The van der Waals surface area contributed by atoms with Gasteiger partial charge in [0.25, 0.3) is 5.91 Å². The third kappa shape index (κ3) is 7.92. The molecule has 0 aliphatic carbocycles. The van der Waals surface area contributed by atoms with Gasteiger partial charge in [-0.25, -0.2) is 0 Å². The Balaban J connectivity index is 1.71. The van der Waals surface area contributed by atoms with Crippen LogP contribution >= 0.6 is 0 Å². The third-order valence-electron chi connectivity index (χ3n) is 3.87. The summed E-state index contributed by atoms with van der Waals surface area (Å²) < 4.78 is 5.51. The first-order chi connectivity index (χ1) is 12.9. The van der Waals surface area contributed by atoms with E-state index in [0.29, 0.717) is 18.7 Å². The Labute approximate surface area is 160 Å². The van der Waals surface area contributed by atoms with Gasteiger partial charge in [-0.2, -0.15) is 0 Å².